The highest BCUT2D eigenvalue weighted by molar-refractivity contribution is 14.1. The predicted octanol–water partition coefficient (Wildman–Crippen LogP) is 5.03. The number of nitrogens with zero attached hydrogens (tertiary/aromatic N) is 3. The van der Waals surface area contributed by atoms with Crippen LogP contribution in [0.15, 0.2) is 64.9 Å². The Labute approximate surface area is 303 Å². The Morgan fingerprint density at radius 3 is 2.39 bits per heavy atom. The van der Waals surface area contributed by atoms with Crippen molar-refractivity contribution in [3.8, 4) is 28.7 Å². The molecule has 0 bridgehead atoms. The molecule has 3 amide bonds. The molecule has 0 unspecified atom stereocenters. The molecular weight excluding hydrogens is 787 g/mol. The van der Waals surface area contributed by atoms with E-state index in [9.17, 15) is 34.6 Å². The zero-order valence-electron chi connectivity index (χ0n) is 27.5. The molecule has 0 aromatic heterocycles. The molecule has 0 fully saturated rings. The van der Waals surface area contributed by atoms with E-state index in [1.807, 2.05) is 22.6 Å². The van der Waals surface area contributed by atoms with Crippen LogP contribution in [-0.2, 0) is 14.3 Å². The van der Waals surface area contributed by atoms with Gasteiger partial charge in [0.05, 0.1) is 57.6 Å². The van der Waals surface area contributed by atoms with E-state index in [0.29, 0.717) is 20.4 Å². The van der Waals surface area contributed by atoms with Gasteiger partial charge in [-0.15, -0.1) is 0 Å². The number of hydrogen-bond acceptors (Lipinski definition) is 13. The van der Waals surface area contributed by atoms with Gasteiger partial charge in [-0.1, -0.05) is 6.07 Å². The van der Waals surface area contributed by atoms with Gasteiger partial charge < -0.3 is 34.3 Å². The maximum Gasteiger partial charge on any atom is 0.338 e. The molecule has 1 aliphatic heterocycles. The summed E-state index contributed by atoms with van der Waals surface area (Å²) in [6.45, 7) is 4.89. The number of allylic oxidation sites excluding steroid dienone is 1. The summed E-state index contributed by atoms with van der Waals surface area (Å²) in [5.41, 5.74) is 2.84. The molecule has 4 rings (SSSR count). The molecule has 19 heteroatoms. The molecule has 0 spiro atoms. The van der Waals surface area contributed by atoms with E-state index >= 15 is 0 Å². The number of rotatable bonds is 15. The van der Waals surface area contributed by atoms with Crippen molar-refractivity contribution in [3.63, 3.8) is 0 Å². The Morgan fingerprint density at radius 2 is 1.73 bits per heavy atom. The number of hydrogen-bond donors (Lipinski definition) is 3. The Hall–Kier alpha value is -5.99. The molecule has 3 N–H and O–H groups in total. The number of methoxy groups -OCH3 is 1. The van der Waals surface area contributed by atoms with Gasteiger partial charge in [-0.3, -0.25) is 25.0 Å². The monoisotopic (exact) mass is 818 g/mol. The van der Waals surface area contributed by atoms with Gasteiger partial charge in [0.15, 0.2) is 29.6 Å². The Balaban J connectivity index is 1.44. The summed E-state index contributed by atoms with van der Waals surface area (Å²) in [7, 11) is 1.39. The normalized spacial score (nSPS) is 13.9. The SMILES string of the molecule is CCOC(=O)C1=C(C)NC(=O)N[C@H]1c1ccc(OCC(=O)N/N=C/c2cc(I)c(Oc3ccc([N+](=O)[O-])cc3[N+](=O)[O-])c(OCC)c2)c(OC)c1. The minimum atomic E-state index is -0.828. The molecule has 0 saturated carbocycles. The first kappa shape index (κ1) is 37.8. The van der Waals surface area contributed by atoms with Crippen molar-refractivity contribution in [1.82, 2.24) is 16.1 Å². The number of non-ortho nitro benzene ring substituents is 1. The number of esters is 1. The van der Waals surface area contributed by atoms with Crippen molar-refractivity contribution >= 4 is 58.1 Å². The lowest BCUT2D eigenvalue weighted by Gasteiger charge is -2.28. The second-order valence-electron chi connectivity index (χ2n) is 10.3. The van der Waals surface area contributed by atoms with Crippen LogP contribution in [0.5, 0.6) is 28.7 Å². The Kier molecular flexibility index (Phi) is 12.7. The molecule has 1 heterocycles. The largest absolute Gasteiger partial charge is 0.493 e. The van der Waals surface area contributed by atoms with Crippen LogP contribution in [0.2, 0.25) is 0 Å². The maximum absolute atomic E-state index is 12.6. The third-order valence-corrected chi connectivity index (χ3v) is 7.74. The minimum absolute atomic E-state index is 0.134. The van der Waals surface area contributed by atoms with Gasteiger partial charge in [0.25, 0.3) is 11.6 Å². The fourth-order valence-corrected chi connectivity index (χ4v) is 5.48. The lowest BCUT2D eigenvalue weighted by atomic mass is 9.95. The smallest absolute Gasteiger partial charge is 0.338 e. The third kappa shape index (κ3) is 9.38. The summed E-state index contributed by atoms with van der Waals surface area (Å²) in [5.74, 6) is -0.657. The number of carbonyl (C=O) groups excluding carboxylic acids is 3. The summed E-state index contributed by atoms with van der Waals surface area (Å²) in [4.78, 5) is 58.6. The van der Waals surface area contributed by atoms with Crippen LogP contribution >= 0.6 is 22.6 Å². The van der Waals surface area contributed by atoms with Gasteiger partial charge in [-0.25, -0.2) is 15.0 Å². The van der Waals surface area contributed by atoms with E-state index in [4.69, 9.17) is 23.7 Å². The molecule has 18 nitrogen and oxygen atoms in total. The number of urea groups is 1. The van der Waals surface area contributed by atoms with Crippen molar-refractivity contribution in [2.24, 2.45) is 5.10 Å². The van der Waals surface area contributed by atoms with Crippen LogP contribution in [0.4, 0.5) is 16.2 Å². The number of hydrazone groups is 1. The lowest BCUT2D eigenvalue weighted by molar-refractivity contribution is -0.394. The molecule has 268 valence electrons. The first-order chi connectivity index (χ1) is 24.4. The number of benzene rings is 3. The van der Waals surface area contributed by atoms with Crippen molar-refractivity contribution < 1.29 is 47.9 Å². The number of carbonyl (C=O) groups is 3. The molecule has 3 aromatic rings. The van der Waals surface area contributed by atoms with Crippen LogP contribution in [0.1, 0.15) is 37.9 Å². The van der Waals surface area contributed by atoms with E-state index < -0.39 is 51.8 Å². The van der Waals surface area contributed by atoms with E-state index in [0.717, 1.165) is 18.2 Å². The predicted molar refractivity (Wildman–Crippen MR) is 188 cm³/mol. The standard InChI is InChI=1S/C32H31IN6O12/c1-5-48-26-12-18(11-21(33)30(26)51-23-10-8-20(38(43)44)14-22(23)39(45)46)15-34-37-27(40)16-50-24-9-7-19(13-25(24)47-4)29-28(31(41)49-6-2)17(3)35-32(42)36-29/h7-15,29H,5-6,16H2,1-4H3,(H,37,40)(H2,35,36,42)/b34-15+/t29-/m0/s1. The molecule has 0 radical (unpaired) electrons. The van der Waals surface area contributed by atoms with Gasteiger partial charge in [-0.05, 0) is 84.8 Å². The molecule has 0 aliphatic carbocycles. The summed E-state index contributed by atoms with van der Waals surface area (Å²) in [6, 6.07) is 9.56. The Morgan fingerprint density at radius 1 is 0.980 bits per heavy atom. The fraction of sp³-hybridized carbons (Fsp3) is 0.250. The summed E-state index contributed by atoms with van der Waals surface area (Å²) in [5, 5.41) is 31.9. The lowest BCUT2D eigenvalue weighted by Crippen LogP contribution is -2.45. The Bertz CT molecular complexity index is 1930. The molecule has 3 aromatic carbocycles. The fourth-order valence-electron chi connectivity index (χ4n) is 4.74. The zero-order valence-corrected chi connectivity index (χ0v) is 29.7. The molecule has 1 aliphatic rings. The number of nitro groups is 2. The number of halogens is 1. The average molecular weight is 819 g/mol. The summed E-state index contributed by atoms with van der Waals surface area (Å²) < 4.78 is 28.2. The number of nitro benzene ring substituents is 2. The van der Waals surface area contributed by atoms with Crippen molar-refractivity contribution in [1.29, 1.82) is 0 Å². The maximum atomic E-state index is 12.6. The second-order valence-corrected chi connectivity index (χ2v) is 11.5. The highest BCUT2D eigenvalue weighted by atomic mass is 127. The van der Waals surface area contributed by atoms with Crippen LogP contribution in [-0.4, -0.2) is 60.9 Å². The second kappa shape index (κ2) is 17.1. The average Bonchev–Trinajstić information content (AvgIpc) is 3.08. The first-order valence-electron chi connectivity index (χ1n) is 15.0. The summed E-state index contributed by atoms with van der Waals surface area (Å²) >= 11 is 1.93. The van der Waals surface area contributed by atoms with E-state index in [-0.39, 0.29) is 47.5 Å². The van der Waals surface area contributed by atoms with Gasteiger partial charge in [0.2, 0.25) is 5.75 Å². The van der Waals surface area contributed by atoms with Crippen LogP contribution in [0.3, 0.4) is 0 Å². The van der Waals surface area contributed by atoms with E-state index in [1.54, 1.807) is 39.0 Å². The highest BCUT2D eigenvalue weighted by Gasteiger charge is 2.33. The van der Waals surface area contributed by atoms with Crippen LogP contribution in [0.25, 0.3) is 0 Å². The van der Waals surface area contributed by atoms with Crippen molar-refractivity contribution in [3.05, 3.63) is 94.7 Å². The zero-order chi connectivity index (χ0) is 37.2. The van der Waals surface area contributed by atoms with Gasteiger partial charge in [-0.2, -0.15) is 5.10 Å². The summed E-state index contributed by atoms with van der Waals surface area (Å²) in [6.07, 6.45) is 1.33. The number of nitrogens with one attached hydrogen (secondary N) is 3. The van der Waals surface area contributed by atoms with E-state index in [1.165, 1.54) is 25.5 Å². The van der Waals surface area contributed by atoms with Gasteiger partial charge >= 0.3 is 17.7 Å². The van der Waals surface area contributed by atoms with Gasteiger partial charge in [0, 0.05) is 11.8 Å². The van der Waals surface area contributed by atoms with Gasteiger partial charge in [0.1, 0.15) is 0 Å². The van der Waals surface area contributed by atoms with E-state index in [2.05, 4.69) is 21.2 Å². The number of amides is 3. The number of ether oxygens (including phenoxy) is 5. The first-order valence-corrected chi connectivity index (χ1v) is 16.1. The molecule has 1 atom stereocenters. The van der Waals surface area contributed by atoms with Crippen molar-refractivity contribution in [2.75, 3.05) is 26.9 Å². The minimum Gasteiger partial charge on any atom is -0.493 e. The van der Waals surface area contributed by atoms with Crippen LogP contribution < -0.4 is 35.0 Å². The van der Waals surface area contributed by atoms with Crippen molar-refractivity contribution in [2.45, 2.75) is 26.8 Å². The topological polar surface area (TPSA) is 232 Å². The molecule has 51 heavy (non-hydrogen) atoms. The molecular formula is C32H31IN6O12. The highest BCUT2D eigenvalue weighted by Crippen LogP contribution is 2.41. The van der Waals surface area contributed by atoms with Crippen LogP contribution in [0, 0.1) is 23.8 Å². The third-order valence-electron chi connectivity index (χ3n) is 6.94. The molecule has 0 saturated heterocycles. The quantitative estimate of drug-likeness (QED) is 0.0603.